The molecule has 1 N–H and O–H groups in total. The molecule has 206 valence electrons. The van der Waals surface area contributed by atoms with Crippen molar-refractivity contribution in [2.24, 2.45) is 5.92 Å². The Balaban J connectivity index is 2.30. The molecule has 7 heteroatoms. The van der Waals surface area contributed by atoms with E-state index < -0.39 is 36.3 Å². The van der Waals surface area contributed by atoms with E-state index in [1.807, 2.05) is 91.0 Å². The number of benzene rings is 4. The largest absolute Gasteiger partial charge is 0.478 e. The molecule has 0 amide bonds. The van der Waals surface area contributed by atoms with Gasteiger partial charge in [0, 0.05) is 0 Å². The Labute approximate surface area is 240 Å². The Kier molecular flexibility index (Phi) is 9.02. The predicted octanol–water partition coefficient (Wildman–Crippen LogP) is 5.19. The van der Waals surface area contributed by atoms with Crippen molar-refractivity contribution in [2.75, 3.05) is 14.2 Å². The van der Waals surface area contributed by atoms with E-state index in [1.165, 1.54) is 21.1 Å². The third kappa shape index (κ3) is 5.01. The summed E-state index contributed by atoms with van der Waals surface area (Å²) >= 11 is 0. The Morgan fingerprint density at radius 3 is 1.44 bits per heavy atom. The Morgan fingerprint density at radius 1 is 0.732 bits per heavy atom. The summed E-state index contributed by atoms with van der Waals surface area (Å²) in [6.07, 6.45) is 0. The van der Waals surface area contributed by atoms with Crippen molar-refractivity contribution >= 4 is 34.9 Å². The second kappa shape index (κ2) is 12.6. The second-order valence-electron chi connectivity index (χ2n) is 9.37. The van der Waals surface area contributed by atoms with Gasteiger partial charge in [0.2, 0.25) is 0 Å². The number of methoxy groups -OCH3 is 2. The predicted molar refractivity (Wildman–Crippen MR) is 162 cm³/mol. The first kappa shape index (κ1) is 29.3. The van der Waals surface area contributed by atoms with E-state index in [4.69, 9.17) is 9.47 Å². The molecule has 0 saturated carbocycles. The first-order chi connectivity index (χ1) is 19.9. The molecule has 0 saturated heterocycles. The van der Waals surface area contributed by atoms with E-state index >= 15 is 0 Å². The lowest BCUT2D eigenvalue weighted by Gasteiger charge is -2.37. The molecule has 4 rings (SSSR count). The first-order valence-corrected chi connectivity index (χ1v) is 14.8. The molecule has 0 spiro atoms. The summed E-state index contributed by atoms with van der Waals surface area (Å²) in [5, 5.41) is 25.1. The van der Waals surface area contributed by atoms with Gasteiger partial charge < -0.3 is 14.6 Å². The molecule has 4 aromatic rings. The first-order valence-electron chi connectivity index (χ1n) is 13.0. The molecule has 0 bridgehead atoms. The molecule has 2 atom stereocenters. The van der Waals surface area contributed by atoms with Crippen LogP contribution >= 0.6 is 7.26 Å². The minimum Gasteiger partial charge on any atom is -0.478 e. The van der Waals surface area contributed by atoms with Crippen LogP contribution in [0.5, 0.6) is 0 Å². The van der Waals surface area contributed by atoms with Gasteiger partial charge in [-0.1, -0.05) is 84.9 Å². The van der Waals surface area contributed by atoms with Crippen molar-refractivity contribution < 1.29 is 24.2 Å². The zero-order chi connectivity index (χ0) is 29.5. The van der Waals surface area contributed by atoms with Crippen molar-refractivity contribution in [3.05, 3.63) is 138 Å². The van der Waals surface area contributed by atoms with Gasteiger partial charge >= 0.3 is 11.9 Å². The fourth-order valence-electron chi connectivity index (χ4n) is 5.48. The van der Waals surface area contributed by atoms with Crippen molar-refractivity contribution in [1.82, 2.24) is 0 Å². The number of rotatable bonds is 10. The van der Waals surface area contributed by atoms with Crippen molar-refractivity contribution in [3.8, 4) is 6.07 Å². The van der Waals surface area contributed by atoms with Crippen LogP contribution in [0, 0.1) is 17.2 Å². The molecule has 4 aromatic carbocycles. The van der Waals surface area contributed by atoms with E-state index in [2.05, 4.69) is 6.07 Å². The third-order valence-corrected chi connectivity index (χ3v) is 11.7. The normalized spacial score (nSPS) is 14.0. The van der Waals surface area contributed by atoms with Gasteiger partial charge in [0.25, 0.3) is 0 Å². The summed E-state index contributed by atoms with van der Waals surface area (Å²) in [5.41, 5.74) is -1.75. The summed E-state index contributed by atoms with van der Waals surface area (Å²) in [6.45, 7) is 1.28. The minimum atomic E-state index is -3.23. The van der Waals surface area contributed by atoms with Crippen LogP contribution in [0.15, 0.2) is 133 Å². The molecule has 0 aliphatic rings. The van der Waals surface area contributed by atoms with Crippen LogP contribution in [0.2, 0.25) is 0 Å². The molecule has 0 radical (unpaired) electrons. The van der Waals surface area contributed by atoms with E-state index in [9.17, 15) is 20.0 Å². The number of ketones is 1. The van der Waals surface area contributed by atoms with Gasteiger partial charge in [0.1, 0.15) is 23.2 Å². The average molecular weight is 565 g/mol. The molecule has 0 aliphatic carbocycles. The second-order valence-corrected chi connectivity index (χ2v) is 12.7. The Morgan fingerprint density at radius 2 is 1.12 bits per heavy atom. The van der Waals surface area contributed by atoms with E-state index in [0.29, 0.717) is 5.56 Å². The number of nitrogens with zero attached hydrogens (tertiary/aromatic N) is 1. The van der Waals surface area contributed by atoms with Gasteiger partial charge in [-0.2, -0.15) is 5.26 Å². The zero-order valence-electron chi connectivity index (χ0n) is 23.1. The van der Waals surface area contributed by atoms with Gasteiger partial charge in [-0.15, -0.1) is 0 Å². The molecule has 0 aliphatic heterocycles. The molecule has 41 heavy (non-hydrogen) atoms. The Bertz CT molecular complexity index is 1470. The molecule has 2 unspecified atom stereocenters. The number of aliphatic hydroxyl groups is 1. The minimum absolute atomic E-state index is 0.107. The van der Waals surface area contributed by atoms with E-state index in [0.717, 1.165) is 15.9 Å². The molecular formula is C34H31NO5P+. The molecule has 0 fully saturated rings. The number of hydrogen-bond acceptors (Lipinski definition) is 6. The van der Waals surface area contributed by atoms with Gasteiger partial charge in [0.15, 0.2) is 22.4 Å². The number of esters is 1. The van der Waals surface area contributed by atoms with Crippen LogP contribution in [0.25, 0.3) is 0 Å². The van der Waals surface area contributed by atoms with Gasteiger partial charge in [-0.3, -0.25) is 9.59 Å². The van der Waals surface area contributed by atoms with Crippen LogP contribution in [-0.4, -0.2) is 31.1 Å². The number of aliphatic hydroxyl groups excluding tert-OH is 1. The van der Waals surface area contributed by atoms with Crippen LogP contribution in [0.4, 0.5) is 0 Å². The Hall–Kier alpha value is -4.72. The maximum absolute atomic E-state index is 14.1. The highest BCUT2D eigenvalue weighted by molar-refractivity contribution is 7.99. The lowest BCUT2D eigenvalue weighted by molar-refractivity contribution is -0.148. The fourth-order valence-corrected chi connectivity index (χ4v) is 10.1. The summed E-state index contributed by atoms with van der Waals surface area (Å²) in [4.78, 5) is 27.8. The maximum atomic E-state index is 14.1. The summed E-state index contributed by atoms with van der Waals surface area (Å²) < 4.78 is 10.9. The molecule has 0 heterocycles. The highest BCUT2D eigenvalue weighted by Gasteiger charge is 2.64. The highest BCUT2D eigenvalue weighted by Crippen LogP contribution is 2.67. The van der Waals surface area contributed by atoms with Crippen molar-refractivity contribution in [1.29, 1.82) is 5.26 Å². The number of hydrogen-bond donors (Lipinski definition) is 1. The topological polar surface area (TPSA) is 96.6 Å². The number of carbonyl (C=O) groups excluding carboxylic acids is 2. The van der Waals surface area contributed by atoms with Crippen molar-refractivity contribution in [2.45, 2.75) is 12.3 Å². The molecule has 0 aromatic heterocycles. The van der Waals surface area contributed by atoms with Gasteiger partial charge in [-0.25, -0.2) is 0 Å². The number of carbonyl (C=O) groups is 2. The monoisotopic (exact) mass is 564 g/mol. The zero-order valence-corrected chi connectivity index (χ0v) is 24.0. The van der Waals surface area contributed by atoms with E-state index in [1.54, 1.807) is 30.3 Å². The van der Waals surface area contributed by atoms with Gasteiger partial charge in [0.05, 0.1) is 20.3 Å². The van der Waals surface area contributed by atoms with Crippen LogP contribution in [0.3, 0.4) is 0 Å². The summed E-state index contributed by atoms with van der Waals surface area (Å²) in [6, 6.07) is 39.1. The third-order valence-electron chi connectivity index (χ3n) is 7.31. The molecular weight excluding hydrogens is 533 g/mol. The summed E-state index contributed by atoms with van der Waals surface area (Å²) in [7, 11) is -0.727. The highest BCUT2D eigenvalue weighted by atomic mass is 31.2. The van der Waals surface area contributed by atoms with E-state index in [-0.39, 0.29) is 5.31 Å². The summed E-state index contributed by atoms with van der Waals surface area (Å²) in [5.74, 6) is -3.56. The fraction of sp³-hybridized carbons (Fsp3) is 0.147. The van der Waals surface area contributed by atoms with Crippen molar-refractivity contribution in [3.63, 3.8) is 0 Å². The lowest BCUT2D eigenvalue weighted by atomic mass is 9.68. The maximum Gasteiger partial charge on any atom is 0.319 e. The van der Waals surface area contributed by atoms with Crippen LogP contribution in [0.1, 0.15) is 12.5 Å². The van der Waals surface area contributed by atoms with Gasteiger partial charge in [-0.05, 0) is 48.9 Å². The average Bonchev–Trinajstić information content (AvgIpc) is 3.03. The lowest BCUT2D eigenvalue weighted by Crippen LogP contribution is -2.49. The van der Waals surface area contributed by atoms with Crippen LogP contribution < -0.4 is 15.9 Å². The quantitative estimate of drug-likeness (QED) is 0.162. The standard InChI is InChI=1S/C34H30NO5P/c1-25(36)34(24-35,26-16-8-4-9-17-26)30(32(37)39-2)31(33(38)40-3)41(27-18-10-5-11-19-27,28-20-12-6-13-21-28)29-22-14-7-15-23-29/h4-23,30H,1-3H3/p+1/b33-31+. The molecule has 6 nitrogen and oxygen atoms in total. The van der Waals surface area contributed by atoms with Crippen LogP contribution in [-0.2, 0) is 24.5 Å². The SMILES string of the molecule is COC(=O)C(/C(=C(/O)OC)[P+](c1ccccc1)(c1ccccc1)c1ccccc1)C(C#N)(C(C)=O)c1ccccc1. The smallest absolute Gasteiger partial charge is 0.319 e. The number of ether oxygens (including phenoxy) is 2. The number of nitriles is 1. The number of Topliss-reactive ketones (excluding diaryl/α,β-unsaturated/α-hetero) is 1.